The lowest BCUT2D eigenvalue weighted by Crippen LogP contribution is -2.52. The van der Waals surface area contributed by atoms with Crippen LogP contribution in [-0.4, -0.2) is 72.6 Å². The average Bonchev–Trinajstić information content (AvgIpc) is 2.81. The number of rotatable bonds is 6. The normalized spacial score (nSPS) is 17.2. The molecule has 2 heterocycles. The Morgan fingerprint density at radius 1 is 1.12 bits per heavy atom. The highest BCUT2D eigenvalue weighted by atomic mass is 35.5. The SMILES string of the molecule is CN(C)C/C=C/CN1CCN(c2ncnc3cc(Cl)c(-c4ccc(Cl)cc4)cc23)CC1C#N. The molecule has 8 heteroatoms. The van der Waals surface area contributed by atoms with Gasteiger partial charge in [-0.15, -0.1) is 0 Å². The Morgan fingerprint density at radius 3 is 2.64 bits per heavy atom. The third kappa shape index (κ3) is 5.45. The molecule has 2 aromatic carbocycles. The van der Waals surface area contributed by atoms with Crippen molar-refractivity contribution in [2.24, 2.45) is 0 Å². The first-order valence-corrected chi connectivity index (χ1v) is 11.6. The van der Waals surface area contributed by atoms with Crippen LogP contribution in [-0.2, 0) is 0 Å². The van der Waals surface area contributed by atoms with Crippen molar-refractivity contribution in [3.05, 3.63) is 64.9 Å². The molecule has 0 radical (unpaired) electrons. The molecule has 0 spiro atoms. The van der Waals surface area contributed by atoms with Gasteiger partial charge in [-0.2, -0.15) is 5.26 Å². The number of nitriles is 1. The molecule has 1 aliphatic heterocycles. The van der Waals surface area contributed by atoms with Gasteiger partial charge in [0.1, 0.15) is 18.2 Å². The zero-order valence-corrected chi connectivity index (χ0v) is 20.3. The van der Waals surface area contributed by atoms with Crippen molar-refractivity contribution in [1.82, 2.24) is 19.8 Å². The molecule has 0 N–H and O–H groups in total. The third-order valence-corrected chi connectivity index (χ3v) is 6.34. The number of benzene rings is 2. The van der Waals surface area contributed by atoms with Crippen LogP contribution in [0.3, 0.4) is 0 Å². The number of anilines is 1. The second-order valence-electron chi connectivity index (χ2n) is 8.37. The molecular weight excluding hydrogens is 455 g/mol. The molecule has 0 amide bonds. The number of hydrogen-bond donors (Lipinski definition) is 0. The summed E-state index contributed by atoms with van der Waals surface area (Å²) in [5.41, 5.74) is 2.66. The fourth-order valence-electron chi connectivity index (χ4n) is 4.02. The van der Waals surface area contributed by atoms with Gasteiger partial charge in [-0.05, 0) is 43.9 Å². The topological polar surface area (TPSA) is 59.3 Å². The summed E-state index contributed by atoms with van der Waals surface area (Å²) in [6, 6.07) is 13.8. The van der Waals surface area contributed by atoms with Gasteiger partial charge < -0.3 is 9.80 Å². The van der Waals surface area contributed by atoms with Crippen molar-refractivity contribution in [3.63, 3.8) is 0 Å². The highest BCUT2D eigenvalue weighted by molar-refractivity contribution is 6.34. The zero-order chi connectivity index (χ0) is 23.4. The lowest BCUT2D eigenvalue weighted by Gasteiger charge is -2.38. The molecule has 0 aliphatic carbocycles. The zero-order valence-electron chi connectivity index (χ0n) is 18.7. The predicted octanol–water partition coefficient (Wildman–Crippen LogP) is 4.74. The van der Waals surface area contributed by atoms with Crippen LogP contribution in [0.2, 0.25) is 10.0 Å². The summed E-state index contributed by atoms with van der Waals surface area (Å²) in [6.07, 6.45) is 5.84. The van der Waals surface area contributed by atoms with Gasteiger partial charge in [0.2, 0.25) is 0 Å². The smallest absolute Gasteiger partial charge is 0.140 e. The van der Waals surface area contributed by atoms with Crippen molar-refractivity contribution >= 4 is 39.9 Å². The highest BCUT2D eigenvalue weighted by Gasteiger charge is 2.28. The van der Waals surface area contributed by atoms with E-state index in [0.29, 0.717) is 16.6 Å². The minimum Gasteiger partial charge on any atom is -0.352 e. The van der Waals surface area contributed by atoms with E-state index in [0.717, 1.165) is 54.0 Å². The molecule has 4 rings (SSSR count). The van der Waals surface area contributed by atoms with E-state index < -0.39 is 0 Å². The Morgan fingerprint density at radius 2 is 1.91 bits per heavy atom. The first-order chi connectivity index (χ1) is 16.0. The van der Waals surface area contributed by atoms with Crippen LogP contribution in [0.15, 0.2) is 54.9 Å². The summed E-state index contributed by atoms with van der Waals surface area (Å²) in [6.45, 7) is 3.81. The molecule has 1 saturated heterocycles. The summed E-state index contributed by atoms with van der Waals surface area (Å²) in [7, 11) is 4.08. The van der Waals surface area contributed by atoms with Crippen LogP contribution in [0.5, 0.6) is 0 Å². The van der Waals surface area contributed by atoms with E-state index in [2.05, 4.69) is 42.9 Å². The Kier molecular flexibility index (Phi) is 7.46. The second-order valence-corrected chi connectivity index (χ2v) is 9.22. The molecule has 170 valence electrons. The first-order valence-electron chi connectivity index (χ1n) is 10.8. The number of halogens is 2. The lowest BCUT2D eigenvalue weighted by molar-refractivity contribution is 0.235. The maximum Gasteiger partial charge on any atom is 0.140 e. The Hall–Kier alpha value is -2.69. The minimum atomic E-state index is -0.212. The number of hydrogen-bond acceptors (Lipinski definition) is 6. The molecular formula is C25H26Cl2N6. The Bertz CT molecular complexity index is 1190. The standard InChI is InChI=1S/C25H26Cl2N6/c1-31(2)9-3-4-10-32-11-12-33(16-20(32)15-28)25-22-13-21(18-5-7-19(26)8-6-18)23(27)14-24(22)29-17-30-25/h3-8,13-14,17,20H,9-12,16H2,1-2H3/b4-3+. The summed E-state index contributed by atoms with van der Waals surface area (Å²) in [5, 5.41) is 12.0. The number of likely N-dealkylation sites (N-methyl/N-ethyl adjacent to an activating group) is 1. The van der Waals surface area contributed by atoms with Crippen LogP contribution in [0, 0.1) is 11.3 Å². The van der Waals surface area contributed by atoms with Crippen molar-refractivity contribution in [1.29, 1.82) is 5.26 Å². The van der Waals surface area contributed by atoms with E-state index in [4.69, 9.17) is 23.2 Å². The van der Waals surface area contributed by atoms with Gasteiger partial charge in [-0.1, -0.05) is 47.5 Å². The minimum absolute atomic E-state index is 0.212. The number of aromatic nitrogens is 2. The van der Waals surface area contributed by atoms with Crippen LogP contribution in [0.25, 0.3) is 22.0 Å². The van der Waals surface area contributed by atoms with E-state index in [-0.39, 0.29) is 6.04 Å². The summed E-state index contributed by atoms with van der Waals surface area (Å²) < 4.78 is 0. The maximum atomic E-state index is 9.82. The molecule has 1 unspecified atom stereocenters. The van der Waals surface area contributed by atoms with E-state index in [1.54, 1.807) is 6.33 Å². The van der Waals surface area contributed by atoms with Gasteiger partial charge in [0, 0.05) is 48.7 Å². The lowest BCUT2D eigenvalue weighted by atomic mass is 10.0. The highest BCUT2D eigenvalue weighted by Crippen LogP contribution is 2.35. The summed E-state index contributed by atoms with van der Waals surface area (Å²) >= 11 is 12.7. The number of fused-ring (bicyclic) bond motifs is 1. The van der Waals surface area contributed by atoms with Gasteiger partial charge in [0.15, 0.2) is 0 Å². The van der Waals surface area contributed by atoms with E-state index in [1.807, 2.05) is 50.5 Å². The largest absolute Gasteiger partial charge is 0.352 e. The fourth-order valence-corrected chi connectivity index (χ4v) is 4.41. The molecule has 33 heavy (non-hydrogen) atoms. The van der Waals surface area contributed by atoms with Crippen molar-refractivity contribution in [2.45, 2.75) is 6.04 Å². The van der Waals surface area contributed by atoms with Crippen LogP contribution < -0.4 is 4.90 Å². The van der Waals surface area contributed by atoms with Crippen LogP contribution in [0.4, 0.5) is 5.82 Å². The van der Waals surface area contributed by atoms with Gasteiger partial charge >= 0.3 is 0 Å². The fraction of sp³-hybridized carbons (Fsp3) is 0.320. The van der Waals surface area contributed by atoms with Gasteiger partial charge in [-0.3, -0.25) is 4.90 Å². The molecule has 1 aromatic heterocycles. The van der Waals surface area contributed by atoms with Gasteiger partial charge in [-0.25, -0.2) is 9.97 Å². The Balaban J connectivity index is 1.60. The van der Waals surface area contributed by atoms with Crippen LogP contribution in [0.1, 0.15) is 0 Å². The van der Waals surface area contributed by atoms with Gasteiger partial charge in [0.05, 0.1) is 16.6 Å². The maximum absolute atomic E-state index is 9.82. The quantitative estimate of drug-likeness (QED) is 0.475. The summed E-state index contributed by atoms with van der Waals surface area (Å²) in [4.78, 5) is 15.5. The van der Waals surface area contributed by atoms with E-state index in [9.17, 15) is 5.26 Å². The summed E-state index contributed by atoms with van der Waals surface area (Å²) in [5.74, 6) is 0.829. The van der Waals surface area contributed by atoms with Gasteiger partial charge in [0.25, 0.3) is 0 Å². The van der Waals surface area contributed by atoms with E-state index >= 15 is 0 Å². The number of piperazine rings is 1. The average molecular weight is 481 g/mol. The molecule has 1 fully saturated rings. The molecule has 1 atom stereocenters. The molecule has 3 aromatic rings. The molecule has 0 saturated carbocycles. The third-order valence-electron chi connectivity index (χ3n) is 5.78. The van der Waals surface area contributed by atoms with E-state index in [1.165, 1.54) is 0 Å². The molecule has 1 aliphatic rings. The second kappa shape index (κ2) is 10.5. The van der Waals surface area contributed by atoms with Crippen molar-refractivity contribution in [3.8, 4) is 17.2 Å². The van der Waals surface area contributed by atoms with Crippen molar-refractivity contribution in [2.75, 3.05) is 51.7 Å². The molecule has 6 nitrogen and oxygen atoms in total. The Labute approximate surface area is 204 Å². The predicted molar refractivity (Wildman–Crippen MR) is 136 cm³/mol. The monoisotopic (exact) mass is 480 g/mol. The molecule has 0 bridgehead atoms. The van der Waals surface area contributed by atoms with Crippen LogP contribution >= 0.6 is 23.2 Å². The van der Waals surface area contributed by atoms with Crippen molar-refractivity contribution < 1.29 is 0 Å². The first kappa shape index (κ1) is 23.5. The number of nitrogens with zero attached hydrogens (tertiary/aromatic N) is 6.